The standard InChI is InChI=1S/C9H16N2Si/c1-12(2,3)9(11-10)7-6-8-4-5-8/h8H,4-5,10H2,1-3H3/b11-9-. The number of rotatable bonds is 1. The van der Waals surface area contributed by atoms with Gasteiger partial charge in [-0.25, -0.2) is 0 Å². The topological polar surface area (TPSA) is 38.4 Å². The van der Waals surface area contributed by atoms with Crippen LogP contribution in [0.15, 0.2) is 5.10 Å². The minimum Gasteiger partial charge on any atom is -0.323 e. The van der Waals surface area contributed by atoms with Crippen LogP contribution in [-0.2, 0) is 0 Å². The van der Waals surface area contributed by atoms with Gasteiger partial charge in [-0.1, -0.05) is 31.5 Å². The van der Waals surface area contributed by atoms with E-state index in [1.165, 1.54) is 12.8 Å². The van der Waals surface area contributed by atoms with Gasteiger partial charge in [-0.15, -0.1) is 0 Å². The maximum Gasteiger partial charge on any atom is 0.115 e. The first-order valence-corrected chi connectivity index (χ1v) is 7.84. The van der Waals surface area contributed by atoms with Gasteiger partial charge in [0, 0.05) is 5.92 Å². The van der Waals surface area contributed by atoms with Crippen molar-refractivity contribution in [3.05, 3.63) is 0 Å². The third-order valence-electron chi connectivity index (χ3n) is 1.81. The Bertz CT molecular complexity index is 248. The van der Waals surface area contributed by atoms with Crippen LogP contribution in [0, 0.1) is 17.8 Å². The van der Waals surface area contributed by atoms with Crippen molar-refractivity contribution in [1.29, 1.82) is 0 Å². The first kappa shape index (κ1) is 9.34. The van der Waals surface area contributed by atoms with Gasteiger partial charge in [0.1, 0.15) is 8.07 Å². The van der Waals surface area contributed by atoms with Crippen LogP contribution in [0.2, 0.25) is 19.6 Å². The minimum absolute atomic E-state index is 0.637. The average molecular weight is 180 g/mol. The zero-order valence-electron chi connectivity index (χ0n) is 8.02. The largest absolute Gasteiger partial charge is 0.323 e. The van der Waals surface area contributed by atoms with Gasteiger partial charge in [0.2, 0.25) is 0 Å². The molecule has 0 aromatic rings. The number of hydrazone groups is 1. The van der Waals surface area contributed by atoms with Crippen LogP contribution >= 0.6 is 0 Å². The lowest BCUT2D eigenvalue weighted by Gasteiger charge is -2.12. The molecule has 12 heavy (non-hydrogen) atoms. The van der Waals surface area contributed by atoms with Crippen molar-refractivity contribution in [3.63, 3.8) is 0 Å². The molecule has 2 N–H and O–H groups in total. The Morgan fingerprint density at radius 2 is 2.00 bits per heavy atom. The molecule has 0 amide bonds. The lowest BCUT2D eigenvalue weighted by Crippen LogP contribution is -2.33. The van der Waals surface area contributed by atoms with E-state index >= 15 is 0 Å². The summed E-state index contributed by atoms with van der Waals surface area (Å²) in [4.78, 5) is 0. The number of hydrogen-bond acceptors (Lipinski definition) is 2. The normalized spacial score (nSPS) is 18.4. The predicted octanol–water partition coefficient (Wildman–Crippen LogP) is 1.59. The van der Waals surface area contributed by atoms with E-state index in [4.69, 9.17) is 5.84 Å². The Morgan fingerprint density at radius 1 is 1.42 bits per heavy atom. The molecule has 3 heteroatoms. The molecule has 0 atom stereocenters. The fourth-order valence-corrected chi connectivity index (χ4v) is 1.65. The van der Waals surface area contributed by atoms with Crippen LogP contribution in [0.3, 0.4) is 0 Å². The molecule has 0 heterocycles. The summed E-state index contributed by atoms with van der Waals surface area (Å²) in [5, 5.41) is 4.70. The van der Waals surface area contributed by atoms with E-state index in [-0.39, 0.29) is 0 Å². The van der Waals surface area contributed by atoms with Gasteiger partial charge in [-0.2, -0.15) is 5.10 Å². The SMILES string of the molecule is C[Si](C)(C)/C(C#CC1CC1)=N\N. The maximum absolute atomic E-state index is 5.29. The quantitative estimate of drug-likeness (QED) is 0.215. The molecular weight excluding hydrogens is 164 g/mol. The lowest BCUT2D eigenvalue weighted by molar-refractivity contribution is 1.18. The van der Waals surface area contributed by atoms with Gasteiger partial charge >= 0.3 is 0 Å². The summed E-state index contributed by atoms with van der Waals surface area (Å²) in [5.41, 5.74) is 0. The Morgan fingerprint density at radius 3 is 2.33 bits per heavy atom. The zero-order chi connectivity index (χ0) is 9.19. The van der Waals surface area contributed by atoms with Crippen molar-refractivity contribution in [3.8, 4) is 11.8 Å². The monoisotopic (exact) mass is 180 g/mol. The van der Waals surface area contributed by atoms with Crippen molar-refractivity contribution >= 4 is 13.4 Å². The molecule has 0 bridgehead atoms. The van der Waals surface area contributed by atoms with Gasteiger partial charge in [0.15, 0.2) is 0 Å². The Kier molecular flexibility index (Phi) is 2.58. The third kappa shape index (κ3) is 2.71. The van der Waals surface area contributed by atoms with Crippen molar-refractivity contribution in [2.24, 2.45) is 16.9 Å². The molecular formula is C9H16N2Si. The van der Waals surface area contributed by atoms with Crippen molar-refractivity contribution in [2.45, 2.75) is 32.5 Å². The molecule has 0 aliphatic heterocycles. The van der Waals surface area contributed by atoms with Gasteiger partial charge in [0.25, 0.3) is 0 Å². The van der Waals surface area contributed by atoms with Crippen LogP contribution < -0.4 is 5.84 Å². The minimum atomic E-state index is -1.37. The van der Waals surface area contributed by atoms with Crippen molar-refractivity contribution in [2.75, 3.05) is 0 Å². The number of nitrogens with zero attached hydrogens (tertiary/aromatic N) is 1. The summed E-state index contributed by atoms with van der Waals surface area (Å²) < 4.78 is 0. The Balaban J connectivity index is 2.65. The highest BCUT2D eigenvalue weighted by atomic mass is 28.3. The highest BCUT2D eigenvalue weighted by molar-refractivity contribution is 7.06. The summed E-state index contributed by atoms with van der Waals surface area (Å²) >= 11 is 0. The molecule has 0 aromatic heterocycles. The van der Waals surface area contributed by atoms with E-state index in [1.54, 1.807) is 0 Å². The second kappa shape index (κ2) is 3.32. The number of hydrogen-bond donors (Lipinski definition) is 1. The molecule has 1 saturated carbocycles. The first-order valence-electron chi connectivity index (χ1n) is 4.34. The molecule has 1 fully saturated rings. The molecule has 66 valence electrons. The molecule has 1 aliphatic rings. The molecule has 2 nitrogen and oxygen atoms in total. The van der Waals surface area contributed by atoms with Gasteiger partial charge in [0.05, 0.1) is 5.33 Å². The van der Waals surface area contributed by atoms with Crippen LogP contribution in [0.4, 0.5) is 0 Å². The van der Waals surface area contributed by atoms with Gasteiger partial charge < -0.3 is 5.84 Å². The third-order valence-corrected chi connectivity index (χ3v) is 3.49. The fourth-order valence-electron chi connectivity index (χ4n) is 0.812. The molecule has 1 rings (SSSR count). The van der Waals surface area contributed by atoms with E-state index < -0.39 is 8.07 Å². The lowest BCUT2D eigenvalue weighted by atomic mass is 10.4. The second-order valence-corrected chi connectivity index (χ2v) is 9.24. The molecule has 0 aromatic carbocycles. The second-order valence-electron chi connectivity index (χ2n) is 4.27. The summed E-state index contributed by atoms with van der Waals surface area (Å²) in [6.07, 6.45) is 2.52. The summed E-state index contributed by atoms with van der Waals surface area (Å²) in [5.74, 6) is 12.2. The number of nitrogens with two attached hydrogens (primary N) is 1. The summed E-state index contributed by atoms with van der Waals surface area (Å²) in [6, 6.07) is 0. The van der Waals surface area contributed by atoms with E-state index in [0.717, 1.165) is 5.33 Å². The van der Waals surface area contributed by atoms with Crippen LogP contribution in [0.25, 0.3) is 0 Å². The van der Waals surface area contributed by atoms with Crippen LogP contribution in [0.5, 0.6) is 0 Å². The van der Waals surface area contributed by atoms with E-state index in [9.17, 15) is 0 Å². The van der Waals surface area contributed by atoms with E-state index in [0.29, 0.717) is 5.92 Å². The maximum atomic E-state index is 5.29. The van der Waals surface area contributed by atoms with Crippen LogP contribution in [-0.4, -0.2) is 13.4 Å². The molecule has 0 radical (unpaired) electrons. The predicted molar refractivity (Wildman–Crippen MR) is 55.5 cm³/mol. The Hall–Kier alpha value is -0.753. The van der Waals surface area contributed by atoms with E-state index in [1.807, 2.05) is 0 Å². The highest BCUT2D eigenvalue weighted by Crippen LogP contribution is 2.27. The van der Waals surface area contributed by atoms with Gasteiger partial charge in [-0.05, 0) is 12.8 Å². The molecule has 0 unspecified atom stereocenters. The van der Waals surface area contributed by atoms with Crippen molar-refractivity contribution < 1.29 is 0 Å². The highest BCUT2D eigenvalue weighted by Gasteiger charge is 2.22. The fraction of sp³-hybridized carbons (Fsp3) is 0.667. The van der Waals surface area contributed by atoms with Crippen molar-refractivity contribution in [1.82, 2.24) is 0 Å². The zero-order valence-corrected chi connectivity index (χ0v) is 9.02. The smallest absolute Gasteiger partial charge is 0.115 e. The molecule has 0 saturated heterocycles. The summed E-state index contributed by atoms with van der Waals surface area (Å²) in [6.45, 7) is 6.63. The summed E-state index contributed by atoms with van der Waals surface area (Å²) in [7, 11) is -1.37. The van der Waals surface area contributed by atoms with Crippen LogP contribution in [0.1, 0.15) is 12.8 Å². The van der Waals surface area contributed by atoms with Gasteiger partial charge in [-0.3, -0.25) is 0 Å². The average Bonchev–Trinajstić information content (AvgIpc) is 2.69. The molecule has 0 spiro atoms. The Labute approximate surface area is 75.2 Å². The first-order chi connectivity index (χ1) is 5.54. The molecule has 1 aliphatic carbocycles. The van der Waals surface area contributed by atoms with E-state index in [2.05, 4.69) is 36.6 Å².